The second-order valence-electron chi connectivity index (χ2n) is 6.54. The Kier molecular flexibility index (Phi) is 11.4. The number of unbranched alkanes of at least 4 members (excludes halogenated alkanes) is 7. The SMILES string of the molecule is CCCCCCCCCCNC1CCN(CCC)CC1. The smallest absolute Gasteiger partial charge is 0.00914 e. The van der Waals surface area contributed by atoms with E-state index in [1.807, 2.05) is 0 Å². The molecule has 1 N–H and O–H groups in total. The Hall–Kier alpha value is -0.0800. The Morgan fingerprint density at radius 2 is 1.40 bits per heavy atom. The molecule has 2 nitrogen and oxygen atoms in total. The van der Waals surface area contributed by atoms with Crippen molar-refractivity contribution in [2.24, 2.45) is 0 Å². The third kappa shape index (κ3) is 8.97. The van der Waals surface area contributed by atoms with E-state index in [1.165, 1.54) is 96.8 Å². The minimum Gasteiger partial charge on any atom is -0.314 e. The van der Waals surface area contributed by atoms with E-state index < -0.39 is 0 Å². The number of nitrogens with one attached hydrogen (secondary N) is 1. The Bertz CT molecular complexity index is 198. The highest BCUT2D eigenvalue weighted by atomic mass is 15.1. The molecule has 0 bridgehead atoms. The van der Waals surface area contributed by atoms with Gasteiger partial charge >= 0.3 is 0 Å². The zero-order valence-corrected chi connectivity index (χ0v) is 14.1. The molecule has 0 amide bonds. The van der Waals surface area contributed by atoms with E-state index in [0.717, 1.165) is 6.04 Å². The van der Waals surface area contributed by atoms with Crippen LogP contribution in [0.1, 0.15) is 84.5 Å². The third-order valence-corrected chi connectivity index (χ3v) is 4.59. The highest BCUT2D eigenvalue weighted by Crippen LogP contribution is 2.11. The maximum atomic E-state index is 3.77. The van der Waals surface area contributed by atoms with Gasteiger partial charge in [-0.2, -0.15) is 0 Å². The van der Waals surface area contributed by atoms with Gasteiger partial charge in [0.25, 0.3) is 0 Å². The Morgan fingerprint density at radius 3 is 2.00 bits per heavy atom. The molecule has 0 unspecified atom stereocenters. The molecule has 0 aliphatic carbocycles. The van der Waals surface area contributed by atoms with Crippen LogP contribution in [-0.4, -0.2) is 37.1 Å². The monoisotopic (exact) mass is 282 g/mol. The molecule has 1 rings (SSSR count). The van der Waals surface area contributed by atoms with Crippen molar-refractivity contribution in [3.63, 3.8) is 0 Å². The van der Waals surface area contributed by atoms with E-state index in [2.05, 4.69) is 24.1 Å². The van der Waals surface area contributed by atoms with E-state index >= 15 is 0 Å². The van der Waals surface area contributed by atoms with Crippen LogP contribution in [0, 0.1) is 0 Å². The van der Waals surface area contributed by atoms with Crippen molar-refractivity contribution in [1.29, 1.82) is 0 Å². The lowest BCUT2D eigenvalue weighted by atomic mass is 10.0. The molecule has 0 aromatic rings. The van der Waals surface area contributed by atoms with Gasteiger partial charge in [0.05, 0.1) is 0 Å². The van der Waals surface area contributed by atoms with Crippen LogP contribution >= 0.6 is 0 Å². The first-order valence-electron chi connectivity index (χ1n) is 9.32. The van der Waals surface area contributed by atoms with Crippen molar-refractivity contribution < 1.29 is 0 Å². The summed E-state index contributed by atoms with van der Waals surface area (Å²) in [5, 5.41) is 3.77. The predicted molar refractivity (Wildman–Crippen MR) is 90.4 cm³/mol. The summed E-state index contributed by atoms with van der Waals surface area (Å²) in [7, 11) is 0. The fraction of sp³-hybridized carbons (Fsp3) is 1.00. The topological polar surface area (TPSA) is 15.3 Å². The first-order chi connectivity index (χ1) is 9.86. The Balaban J connectivity index is 1.83. The number of piperidine rings is 1. The average Bonchev–Trinajstić information content (AvgIpc) is 2.47. The van der Waals surface area contributed by atoms with Crippen LogP contribution < -0.4 is 5.32 Å². The maximum Gasteiger partial charge on any atom is 0.00914 e. The molecule has 0 aromatic carbocycles. The molecule has 0 spiro atoms. The minimum atomic E-state index is 0.799. The van der Waals surface area contributed by atoms with E-state index in [9.17, 15) is 0 Å². The molecule has 0 atom stereocenters. The summed E-state index contributed by atoms with van der Waals surface area (Å²) < 4.78 is 0. The van der Waals surface area contributed by atoms with E-state index in [1.54, 1.807) is 0 Å². The fourth-order valence-corrected chi connectivity index (χ4v) is 3.24. The van der Waals surface area contributed by atoms with Gasteiger partial charge in [-0.3, -0.25) is 0 Å². The Morgan fingerprint density at radius 1 is 0.800 bits per heavy atom. The molecule has 0 saturated carbocycles. The van der Waals surface area contributed by atoms with Crippen molar-refractivity contribution in [3.05, 3.63) is 0 Å². The van der Waals surface area contributed by atoms with Crippen LogP contribution in [0.25, 0.3) is 0 Å². The predicted octanol–water partition coefficient (Wildman–Crippen LogP) is 4.59. The highest BCUT2D eigenvalue weighted by Gasteiger charge is 2.17. The fourth-order valence-electron chi connectivity index (χ4n) is 3.24. The number of hydrogen-bond donors (Lipinski definition) is 1. The van der Waals surface area contributed by atoms with Gasteiger partial charge in [0.2, 0.25) is 0 Å². The second-order valence-corrected chi connectivity index (χ2v) is 6.54. The van der Waals surface area contributed by atoms with Gasteiger partial charge in [-0.15, -0.1) is 0 Å². The van der Waals surface area contributed by atoms with Crippen molar-refractivity contribution in [3.8, 4) is 0 Å². The summed E-state index contributed by atoms with van der Waals surface area (Å²) >= 11 is 0. The average molecular weight is 283 g/mol. The summed E-state index contributed by atoms with van der Waals surface area (Å²) in [5.74, 6) is 0. The third-order valence-electron chi connectivity index (χ3n) is 4.59. The number of rotatable bonds is 12. The Labute approximate surface area is 127 Å². The van der Waals surface area contributed by atoms with Crippen LogP contribution in [0.15, 0.2) is 0 Å². The molecule has 1 heterocycles. The van der Waals surface area contributed by atoms with Gasteiger partial charge in [0.1, 0.15) is 0 Å². The summed E-state index contributed by atoms with van der Waals surface area (Å²) in [5.41, 5.74) is 0. The zero-order valence-electron chi connectivity index (χ0n) is 14.1. The van der Waals surface area contributed by atoms with E-state index in [4.69, 9.17) is 0 Å². The molecule has 1 aliphatic rings. The number of likely N-dealkylation sites (tertiary alicyclic amines) is 1. The highest BCUT2D eigenvalue weighted by molar-refractivity contribution is 4.76. The van der Waals surface area contributed by atoms with Crippen LogP contribution in [0.3, 0.4) is 0 Å². The molecule has 0 aromatic heterocycles. The molecule has 0 radical (unpaired) electrons. The van der Waals surface area contributed by atoms with E-state index in [0.29, 0.717) is 0 Å². The summed E-state index contributed by atoms with van der Waals surface area (Å²) in [6.07, 6.45) is 15.4. The largest absolute Gasteiger partial charge is 0.314 e. The van der Waals surface area contributed by atoms with Crippen molar-refractivity contribution in [1.82, 2.24) is 10.2 Å². The summed E-state index contributed by atoms with van der Waals surface area (Å²) in [6.45, 7) is 9.73. The first kappa shape index (κ1) is 18.0. The molecule has 20 heavy (non-hydrogen) atoms. The molecule has 1 fully saturated rings. The van der Waals surface area contributed by atoms with Gasteiger partial charge in [-0.25, -0.2) is 0 Å². The summed E-state index contributed by atoms with van der Waals surface area (Å²) in [6, 6.07) is 0.799. The molecular weight excluding hydrogens is 244 g/mol. The van der Waals surface area contributed by atoms with E-state index in [-0.39, 0.29) is 0 Å². The molecule has 120 valence electrons. The van der Waals surface area contributed by atoms with Crippen molar-refractivity contribution >= 4 is 0 Å². The van der Waals surface area contributed by atoms with Crippen LogP contribution in [0.5, 0.6) is 0 Å². The van der Waals surface area contributed by atoms with Crippen molar-refractivity contribution in [2.75, 3.05) is 26.2 Å². The standard InChI is InChI=1S/C18H38N2/c1-3-5-6-7-8-9-10-11-14-19-18-12-16-20(15-4-2)17-13-18/h18-19H,3-17H2,1-2H3. The van der Waals surface area contributed by atoms with Gasteiger partial charge in [0, 0.05) is 6.04 Å². The molecule has 2 heteroatoms. The lowest BCUT2D eigenvalue weighted by Crippen LogP contribution is -2.42. The number of hydrogen-bond acceptors (Lipinski definition) is 2. The normalized spacial score (nSPS) is 17.7. The van der Waals surface area contributed by atoms with Gasteiger partial charge in [-0.1, -0.05) is 58.8 Å². The van der Waals surface area contributed by atoms with Crippen LogP contribution in [0.4, 0.5) is 0 Å². The maximum absolute atomic E-state index is 3.77. The van der Waals surface area contributed by atoms with Gasteiger partial charge < -0.3 is 10.2 Å². The van der Waals surface area contributed by atoms with Crippen LogP contribution in [0.2, 0.25) is 0 Å². The quantitative estimate of drug-likeness (QED) is 0.527. The first-order valence-corrected chi connectivity index (χ1v) is 9.32. The zero-order chi connectivity index (χ0) is 14.5. The van der Waals surface area contributed by atoms with Gasteiger partial charge in [0.15, 0.2) is 0 Å². The minimum absolute atomic E-state index is 0.799. The van der Waals surface area contributed by atoms with Crippen molar-refractivity contribution in [2.45, 2.75) is 90.5 Å². The summed E-state index contributed by atoms with van der Waals surface area (Å²) in [4.78, 5) is 2.62. The van der Waals surface area contributed by atoms with Gasteiger partial charge in [-0.05, 0) is 51.9 Å². The van der Waals surface area contributed by atoms with Crippen LogP contribution in [-0.2, 0) is 0 Å². The number of nitrogens with zero attached hydrogens (tertiary/aromatic N) is 1. The lowest BCUT2D eigenvalue weighted by molar-refractivity contribution is 0.198. The lowest BCUT2D eigenvalue weighted by Gasteiger charge is -2.32. The molecular formula is C18H38N2. The molecule has 1 saturated heterocycles. The second kappa shape index (κ2) is 12.6. The molecule has 1 aliphatic heterocycles.